The molecule has 3 atom stereocenters. The number of amides is 1. The molecule has 0 aliphatic carbocycles. The first-order valence-electron chi connectivity index (χ1n) is 12.8. The van der Waals surface area contributed by atoms with E-state index in [1.165, 1.54) is 0 Å². The van der Waals surface area contributed by atoms with Gasteiger partial charge in [-0.15, -0.1) is 0 Å². The summed E-state index contributed by atoms with van der Waals surface area (Å²) < 4.78 is 17.2. The van der Waals surface area contributed by atoms with E-state index >= 15 is 0 Å². The van der Waals surface area contributed by atoms with Crippen molar-refractivity contribution in [2.24, 2.45) is 0 Å². The van der Waals surface area contributed by atoms with E-state index in [2.05, 4.69) is 28.2 Å². The van der Waals surface area contributed by atoms with Crippen molar-refractivity contribution in [3.8, 4) is 12.1 Å². The molecule has 0 aromatic carbocycles. The quantitative estimate of drug-likeness (QED) is 0.615. The third-order valence-electron chi connectivity index (χ3n) is 7.02. The highest BCUT2D eigenvalue weighted by molar-refractivity contribution is 5.69. The molecule has 0 spiro atoms. The molecule has 4 rings (SSSR count). The second-order valence-electron chi connectivity index (χ2n) is 10.8. The van der Waals surface area contributed by atoms with Crippen molar-refractivity contribution in [3.05, 3.63) is 11.3 Å². The Morgan fingerprint density at radius 1 is 1.22 bits per heavy atom. The Labute approximate surface area is 213 Å². The van der Waals surface area contributed by atoms with E-state index in [1.54, 1.807) is 12.0 Å². The number of nitriles is 1. The van der Waals surface area contributed by atoms with Gasteiger partial charge < -0.3 is 29.3 Å². The summed E-state index contributed by atoms with van der Waals surface area (Å²) in [5, 5.41) is 12.8. The molecule has 0 saturated carbocycles. The highest BCUT2D eigenvalue weighted by atomic mass is 16.6. The maximum absolute atomic E-state index is 12.8. The second-order valence-corrected chi connectivity index (χ2v) is 10.8. The number of anilines is 1. The topological polar surface area (TPSA) is 116 Å². The van der Waals surface area contributed by atoms with Crippen LogP contribution in [0.4, 0.5) is 10.6 Å². The Balaban J connectivity index is 1.52. The predicted molar refractivity (Wildman–Crippen MR) is 134 cm³/mol. The van der Waals surface area contributed by atoms with Crippen molar-refractivity contribution in [3.63, 3.8) is 0 Å². The summed E-state index contributed by atoms with van der Waals surface area (Å²) in [5.74, 6) is 0.845. The molecule has 11 heteroatoms. The average Bonchev–Trinajstić information content (AvgIpc) is 3.21. The molecule has 4 heterocycles. The largest absolute Gasteiger partial charge is 0.462 e. The van der Waals surface area contributed by atoms with Crippen LogP contribution in [-0.2, 0) is 22.4 Å². The van der Waals surface area contributed by atoms with E-state index < -0.39 is 5.60 Å². The van der Waals surface area contributed by atoms with E-state index in [4.69, 9.17) is 24.2 Å². The third kappa shape index (κ3) is 6.17. The molecular weight excluding hydrogens is 462 g/mol. The van der Waals surface area contributed by atoms with Crippen LogP contribution < -0.4 is 15.0 Å². The standard InChI is InChI=1S/C25H39N7O4/c1-25(2,3)36-24(33)32-11-10-31(14-17(32)6-8-26)22-20-7-9-27-13-21(20)28-23(29-22)35-16-18-12-19(34-5)15-30(18)4/h17-19,27H,6-7,9-16H2,1-5H3/t17-,18-,19+/m0/s1. The van der Waals surface area contributed by atoms with Gasteiger partial charge in [-0.3, -0.25) is 4.90 Å². The van der Waals surface area contributed by atoms with E-state index in [0.29, 0.717) is 38.8 Å². The fourth-order valence-corrected chi connectivity index (χ4v) is 5.10. The molecule has 1 aromatic heterocycles. The van der Waals surface area contributed by atoms with E-state index in [-0.39, 0.29) is 30.7 Å². The smallest absolute Gasteiger partial charge is 0.410 e. The maximum Gasteiger partial charge on any atom is 0.410 e. The number of likely N-dealkylation sites (N-methyl/N-ethyl adjacent to an activating group) is 1. The number of ether oxygens (including phenoxy) is 3. The first kappa shape index (κ1) is 26.4. The van der Waals surface area contributed by atoms with Gasteiger partial charge in [0.15, 0.2) is 0 Å². The van der Waals surface area contributed by atoms with Crippen molar-refractivity contribution in [1.29, 1.82) is 5.26 Å². The van der Waals surface area contributed by atoms with Gasteiger partial charge in [0, 0.05) is 51.4 Å². The average molecular weight is 502 g/mol. The highest BCUT2D eigenvalue weighted by Gasteiger charge is 2.36. The number of hydrogen-bond acceptors (Lipinski definition) is 10. The van der Waals surface area contributed by atoms with Crippen molar-refractivity contribution in [1.82, 2.24) is 25.1 Å². The molecule has 1 N–H and O–H groups in total. The number of carbonyl (C=O) groups is 1. The minimum absolute atomic E-state index is 0.214. The Kier molecular flexibility index (Phi) is 8.17. The number of nitrogens with zero attached hydrogens (tertiary/aromatic N) is 6. The van der Waals surface area contributed by atoms with E-state index in [9.17, 15) is 10.1 Å². The molecule has 36 heavy (non-hydrogen) atoms. The van der Waals surface area contributed by atoms with E-state index in [1.807, 2.05) is 20.8 Å². The molecule has 0 bridgehead atoms. The van der Waals surface area contributed by atoms with Gasteiger partial charge in [-0.25, -0.2) is 4.79 Å². The number of nitrogens with one attached hydrogen (secondary N) is 1. The summed E-state index contributed by atoms with van der Waals surface area (Å²) in [4.78, 5) is 28.5. The lowest BCUT2D eigenvalue weighted by Crippen LogP contribution is -2.56. The monoisotopic (exact) mass is 501 g/mol. The normalized spacial score (nSPS) is 24.8. The number of likely N-dealkylation sites (tertiary alicyclic amines) is 1. The predicted octanol–water partition coefficient (Wildman–Crippen LogP) is 1.56. The molecule has 2 fully saturated rings. The molecular formula is C25H39N7O4. The van der Waals surface area contributed by atoms with Crippen LogP contribution in [0.3, 0.4) is 0 Å². The lowest BCUT2D eigenvalue weighted by molar-refractivity contribution is 0.0144. The molecule has 0 unspecified atom stereocenters. The second kappa shape index (κ2) is 11.2. The number of hydrogen-bond donors (Lipinski definition) is 1. The first-order valence-corrected chi connectivity index (χ1v) is 12.8. The number of carbonyl (C=O) groups excluding carboxylic acids is 1. The summed E-state index contributed by atoms with van der Waals surface area (Å²) >= 11 is 0. The van der Waals surface area contributed by atoms with Gasteiger partial charge in [0.25, 0.3) is 0 Å². The Hall–Kier alpha value is -2.68. The van der Waals surface area contributed by atoms with Gasteiger partial charge in [-0.1, -0.05) is 0 Å². The zero-order chi connectivity index (χ0) is 25.9. The lowest BCUT2D eigenvalue weighted by Gasteiger charge is -2.42. The Morgan fingerprint density at radius 3 is 2.72 bits per heavy atom. The SMILES string of the molecule is CO[C@@H]1C[C@@H](COc2nc3c(c(N4CCN(C(=O)OC(C)(C)C)[C@@H](CC#N)C4)n2)CCNC3)N(C)C1. The van der Waals surface area contributed by atoms with Crippen LogP contribution in [0.2, 0.25) is 0 Å². The van der Waals surface area contributed by atoms with Crippen LogP contribution in [0.25, 0.3) is 0 Å². The van der Waals surface area contributed by atoms with Crippen molar-refractivity contribution < 1.29 is 19.0 Å². The van der Waals surface area contributed by atoms with Crippen LogP contribution in [0, 0.1) is 11.3 Å². The number of aromatic nitrogens is 2. The van der Waals surface area contributed by atoms with Gasteiger partial charge in [-0.05, 0) is 47.2 Å². The molecule has 1 aromatic rings. The minimum Gasteiger partial charge on any atom is -0.462 e. The summed E-state index contributed by atoms with van der Waals surface area (Å²) in [6.07, 6.45) is 1.79. The van der Waals surface area contributed by atoms with E-state index in [0.717, 1.165) is 43.0 Å². The molecule has 3 aliphatic heterocycles. The minimum atomic E-state index is -0.590. The van der Waals surface area contributed by atoms with Gasteiger partial charge >= 0.3 is 12.1 Å². The summed E-state index contributed by atoms with van der Waals surface area (Å²) in [6.45, 7) is 10.00. The van der Waals surface area contributed by atoms with Crippen molar-refractivity contribution in [2.75, 3.05) is 58.4 Å². The zero-order valence-corrected chi connectivity index (χ0v) is 22.1. The molecule has 2 saturated heterocycles. The third-order valence-corrected chi connectivity index (χ3v) is 7.02. The van der Waals surface area contributed by atoms with Crippen LogP contribution in [0.5, 0.6) is 6.01 Å². The van der Waals surface area contributed by atoms with Gasteiger partial charge in [0.2, 0.25) is 0 Å². The summed E-state index contributed by atoms with van der Waals surface area (Å²) in [7, 11) is 3.82. The fourth-order valence-electron chi connectivity index (χ4n) is 5.10. The number of piperazine rings is 1. The van der Waals surface area contributed by atoms with Crippen LogP contribution in [0.15, 0.2) is 0 Å². The first-order chi connectivity index (χ1) is 17.2. The zero-order valence-electron chi connectivity index (χ0n) is 22.1. The Bertz CT molecular complexity index is 976. The van der Waals surface area contributed by atoms with Crippen LogP contribution >= 0.6 is 0 Å². The molecule has 0 radical (unpaired) electrons. The van der Waals surface area contributed by atoms with Crippen molar-refractivity contribution >= 4 is 11.9 Å². The molecule has 3 aliphatic rings. The van der Waals surface area contributed by atoms with Crippen LogP contribution in [0.1, 0.15) is 44.9 Å². The summed E-state index contributed by atoms with van der Waals surface area (Å²) in [6, 6.07) is 2.57. The lowest BCUT2D eigenvalue weighted by atomic mass is 10.0. The molecule has 1 amide bonds. The highest BCUT2D eigenvalue weighted by Crippen LogP contribution is 2.29. The van der Waals surface area contributed by atoms with Crippen molar-refractivity contribution in [2.45, 2.75) is 70.4 Å². The number of fused-ring (bicyclic) bond motifs is 1. The summed E-state index contributed by atoms with van der Waals surface area (Å²) in [5.41, 5.74) is 1.47. The van der Waals surface area contributed by atoms with Crippen LogP contribution in [-0.4, -0.2) is 103 Å². The number of methoxy groups -OCH3 is 1. The Morgan fingerprint density at radius 2 is 2.03 bits per heavy atom. The van der Waals surface area contributed by atoms with Gasteiger partial charge in [0.05, 0.1) is 30.3 Å². The molecule has 198 valence electrons. The molecule has 11 nitrogen and oxygen atoms in total. The maximum atomic E-state index is 12.8. The number of rotatable bonds is 6. The van der Waals surface area contributed by atoms with Gasteiger partial charge in [-0.2, -0.15) is 15.2 Å². The fraction of sp³-hybridized carbons (Fsp3) is 0.760. The van der Waals surface area contributed by atoms with Gasteiger partial charge in [0.1, 0.15) is 18.0 Å².